The minimum absolute atomic E-state index is 0.501. The van der Waals surface area contributed by atoms with E-state index in [2.05, 4.69) is 12.2 Å². The molecule has 3 atom stereocenters. The zero-order valence-electron chi connectivity index (χ0n) is 9.96. The highest BCUT2D eigenvalue weighted by molar-refractivity contribution is 8.67. The fourth-order valence-electron chi connectivity index (χ4n) is 2.08. The molecular weight excluding hydrogens is 259 g/mol. The SMILES string of the molecule is C1=CC2CCC1C2.CCOP(O)(=S)SCC. The summed E-state index contributed by atoms with van der Waals surface area (Å²) in [5, 5.41) is 0. The number of rotatable bonds is 4. The normalized spacial score (nSPS) is 29.7. The Hall–Kier alpha value is 0.660. The first kappa shape index (κ1) is 14.7. The molecule has 1 N–H and O–H groups in total. The maximum atomic E-state index is 9.18. The fourth-order valence-corrected chi connectivity index (χ4v) is 5.59. The van der Waals surface area contributed by atoms with Crippen LogP contribution in [-0.4, -0.2) is 17.3 Å². The Bertz CT molecular complexity index is 259. The second-order valence-electron chi connectivity index (χ2n) is 4.02. The van der Waals surface area contributed by atoms with Gasteiger partial charge in [0.05, 0.1) is 6.61 Å². The molecule has 0 aromatic rings. The molecule has 0 heterocycles. The monoisotopic (exact) mass is 280 g/mol. The van der Waals surface area contributed by atoms with Crippen molar-refractivity contribution < 1.29 is 9.42 Å². The first-order valence-corrected chi connectivity index (χ1v) is 10.1. The van der Waals surface area contributed by atoms with Gasteiger partial charge >= 0.3 is 0 Å². The molecule has 2 nitrogen and oxygen atoms in total. The third-order valence-corrected chi connectivity index (χ3v) is 7.26. The van der Waals surface area contributed by atoms with Crippen LogP contribution in [-0.2, 0) is 16.3 Å². The summed E-state index contributed by atoms with van der Waals surface area (Å²) in [5.74, 6) is 2.79. The predicted molar refractivity (Wildman–Crippen MR) is 76.2 cm³/mol. The summed E-state index contributed by atoms with van der Waals surface area (Å²) in [7, 11) is 0. The molecule has 2 rings (SSSR count). The van der Waals surface area contributed by atoms with Gasteiger partial charge in [-0.25, -0.2) is 0 Å². The van der Waals surface area contributed by atoms with Crippen molar-refractivity contribution in [3.63, 3.8) is 0 Å². The Morgan fingerprint density at radius 3 is 2.19 bits per heavy atom. The molecule has 1 fully saturated rings. The van der Waals surface area contributed by atoms with Gasteiger partial charge in [0.15, 0.2) is 0 Å². The molecule has 0 aliphatic heterocycles. The number of hydrogen-bond donors (Lipinski definition) is 1. The molecule has 2 aliphatic rings. The molecule has 1 saturated carbocycles. The van der Waals surface area contributed by atoms with Crippen LogP contribution >= 0.6 is 17.1 Å². The van der Waals surface area contributed by atoms with Crippen LogP contribution in [0.1, 0.15) is 33.1 Å². The summed E-state index contributed by atoms with van der Waals surface area (Å²) in [6.45, 7) is 4.27. The van der Waals surface area contributed by atoms with Gasteiger partial charge < -0.3 is 9.42 Å². The van der Waals surface area contributed by atoms with Gasteiger partial charge in [0.2, 0.25) is 5.69 Å². The van der Waals surface area contributed by atoms with Crippen molar-refractivity contribution in [2.24, 2.45) is 11.8 Å². The molecular formula is C11H21O2PS2. The Morgan fingerprint density at radius 1 is 1.38 bits per heavy atom. The summed E-state index contributed by atoms with van der Waals surface area (Å²) in [4.78, 5) is 9.18. The maximum Gasteiger partial charge on any atom is 0.244 e. The molecule has 2 aliphatic carbocycles. The standard InChI is InChI=1S/C7H10.C4H11O2PS2/c1-2-7-4-3-6(1)5-7;1-3-6-7(5,8)9-4-2/h1-2,6-7H,3-5H2;3-4H2,1-2H3,(H,5,8). The molecule has 3 unspecified atom stereocenters. The number of fused-ring (bicyclic) bond motifs is 2. The van der Waals surface area contributed by atoms with Gasteiger partial charge in [-0.1, -0.05) is 30.5 Å². The molecule has 0 radical (unpaired) electrons. The minimum Gasteiger partial charge on any atom is -0.337 e. The predicted octanol–water partition coefficient (Wildman–Crippen LogP) is 3.97. The van der Waals surface area contributed by atoms with Crippen LogP contribution < -0.4 is 0 Å². The van der Waals surface area contributed by atoms with E-state index in [9.17, 15) is 4.89 Å². The molecule has 0 aromatic carbocycles. The highest BCUT2D eigenvalue weighted by atomic mass is 32.9. The van der Waals surface area contributed by atoms with Gasteiger partial charge in [0.1, 0.15) is 0 Å². The Balaban J connectivity index is 0.000000163. The minimum atomic E-state index is -2.44. The van der Waals surface area contributed by atoms with Crippen LogP contribution in [0, 0.1) is 11.8 Å². The summed E-state index contributed by atoms with van der Waals surface area (Å²) >= 11 is 6.07. The first-order valence-electron chi connectivity index (χ1n) is 5.87. The van der Waals surface area contributed by atoms with Gasteiger partial charge in [0.25, 0.3) is 0 Å². The third kappa shape index (κ3) is 5.33. The third-order valence-electron chi connectivity index (χ3n) is 2.75. The smallest absolute Gasteiger partial charge is 0.244 e. The number of allylic oxidation sites excluding steroid dienone is 2. The van der Waals surface area contributed by atoms with Gasteiger partial charge in [-0.2, -0.15) is 0 Å². The first-order chi connectivity index (χ1) is 7.57. The van der Waals surface area contributed by atoms with E-state index in [1.807, 2.05) is 13.8 Å². The Kier molecular flexibility index (Phi) is 6.60. The van der Waals surface area contributed by atoms with E-state index in [1.54, 1.807) is 0 Å². The van der Waals surface area contributed by atoms with Crippen LogP contribution in [0.2, 0.25) is 0 Å². The van der Waals surface area contributed by atoms with E-state index in [0.717, 1.165) is 17.6 Å². The van der Waals surface area contributed by atoms with Gasteiger partial charge in [-0.15, -0.1) is 0 Å². The molecule has 0 aromatic heterocycles. The molecule has 5 heteroatoms. The summed E-state index contributed by atoms with van der Waals surface area (Å²) in [5.41, 5.74) is -2.44. The zero-order valence-corrected chi connectivity index (χ0v) is 12.5. The highest BCUT2D eigenvalue weighted by Gasteiger charge is 2.25. The molecule has 0 spiro atoms. The van der Waals surface area contributed by atoms with E-state index in [4.69, 9.17) is 16.3 Å². The van der Waals surface area contributed by atoms with Crippen LogP contribution in [0.5, 0.6) is 0 Å². The van der Waals surface area contributed by atoms with Crippen LogP contribution in [0.15, 0.2) is 12.2 Å². The summed E-state index contributed by atoms with van der Waals surface area (Å²) in [6, 6.07) is 0. The lowest BCUT2D eigenvalue weighted by Crippen LogP contribution is -1.83. The van der Waals surface area contributed by atoms with E-state index in [-0.39, 0.29) is 0 Å². The van der Waals surface area contributed by atoms with Gasteiger partial charge in [0, 0.05) is 0 Å². The highest BCUT2D eigenvalue weighted by Crippen LogP contribution is 2.55. The molecule has 0 saturated heterocycles. The molecule has 16 heavy (non-hydrogen) atoms. The van der Waals surface area contributed by atoms with E-state index in [1.165, 1.54) is 30.6 Å². The largest absolute Gasteiger partial charge is 0.337 e. The second kappa shape index (κ2) is 7.17. The number of hydrogen-bond acceptors (Lipinski definition) is 3. The zero-order chi connectivity index (χ0) is 12.0. The fraction of sp³-hybridized carbons (Fsp3) is 0.818. The Labute approximate surface area is 108 Å². The van der Waals surface area contributed by atoms with Crippen LogP contribution in [0.25, 0.3) is 0 Å². The van der Waals surface area contributed by atoms with Crippen molar-refractivity contribution in [3.05, 3.63) is 12.2 Å². The topological polar surface area (TPSA) is 29.5 Å². The average molecular weight is 280 g/mol. The van der Waals surface area contributed by atoms with Crippen molar-refractivity contribution in [3.8, 4) is 0 Å². The molecule has 2 bridgehead atoms. The van der Waals surface area contributed by atoms with Gasteiger partial charge in [-0.05, 0) is 55.6 Å². The lowest BCUT2D eigenvalue weighted by atomic mass is 10.1. The van der Waals surface area contributed by atoms with Crippen molar-refractivity contribution in [2.45, 2.75) is 33.1 Å². The van der Waals surface area contributed by atoms with Gasteiger partial charge in [-0.3, -0.25) is 0 Å². The molecule has 0 amide bonds. The van der Waals surface area contributed by atoms with Crippen LogP contribution in [0.3, 0.4) is 0 Å². The van der Waals surface area contributed by atoms with Crippen LogP contribution in [0.4, 0.5) is 0 Å². The van der Waals surface area contributed by atoms with Crippen molar-refractivity contribution in [1.29, 1.82) is 0 Å². The summed E-state index contributed by atoms with van der Waals surface area (Å²) in [6.07, 6.45) is 9.19. The Morgan fingerprint density at radius 2 is 1.94 bits per heavy atom. The lowest BCUT2D eigenvalue weighted by Gasteiger charge is -2.11. The molecule has 94 valence electrons. The summed E-state index contributed by atoms with van der Waals surface area (Å²) < 4.78 is 4.91. The average Bonchev–Trinajstić information content (AvgIpc) is 2.81. The van der Waals surface area contributed by atoms with E-state index in [0.29, 0.717) is 6.61 Å². The van der Waals surface area contributed by atoms with Crippen molar-refractivity contribution in [1.82, 2.24) is 0 Å². The maximum absolute atomic E-state index is 9.18. The van der Waals surface area contributed by atoms with Crippen molar-refractivity contribution >= 4 is 28.9 Å². The lowest BCUT2D eigenvalue weighted by molar-refractivity contribution is 0.341. The van der Waals surface area contributed by atoms with E-state index < -0.39 is 5.69 Å². The van der Waals surface area contributed by atoms with Crippen molar-refractivity contribution in [2.75, 3.05) is 12.4 Å². The van der Waals surface area contributed by atoms with E-state index >= 15 is 0 Å². The quantitative estimate of drug-likeness (QED) is 0.623. The second-order valence-corrected chi connectivity index (χ2v) is 10.5.